The first-order chi connectivity index (χ1) is 24.3. The van der Waals surface area contributed by atoms with Crippen molar-refractivity contribution in [3.8, 4) is 40.5 Å². The largest absolute Gasteiger partial charge is 0.513 e. The fourth-order valence-electron chi connectivity index (χ4n) is 4.36. The van der Waals surface area contributed by atoms with Crippen LogP contribution in [0.3, 0.4) is 0 Å². The van der Waals surface area contributed by atoms with Gasteiger partial charge in [0.15, 0.2) is 23.1 Å². The number of methoxy groups -OCH3 is 1. The molecule has 0 amide bonds. The molecule has 0 fully saturated rings. The van der Waals surface area contributed by atoms with Gasteiger partial charge in [-0.15, -0.1) is 0 Å². The minimum atomic E-state index is -4.27. The molecular formula is C34H32N6O10S. The van der Waals surface area contributed by atoms with E-state index >= 15 is 0 Å². The lowest BCUT2D eigenvalue weighted by Crippen LogP contribution is -2.18. The van der Waals surface area contributed by atoms with Crippen LogP contribution in [-0.4, -0.2) is 59.8 Å². The van der Waals surface area contributed by atoms with Gasteiger partial charge in [0.05, 0.1) is 16.9 Å². The van der Waals surface area contributed by atoms with Gasteiger partial charge in [0.25, 0.3) is 21.6 Å². The van der Waals surface area contributed by atoms with Crippen molar-refractivity contribution >= 4 is 27.7 Å². The van der Waals surface area contributed by atoms with Gasteiger partial charge in [-0.25, -0.2) is 28.2 Å². The molecule has 1 N–H and O–H groups in total. The third-order valence-electron chi connectivity index (χ3n) is 6.93. The van der Waals surface area contributed by atoms with Crippen molar-refractivity contribution in [1.29, 1.82) is 0 Å². The van der Waals surface area contributed by atoms with Crippen molar-refractivity contribution in [1.82, 2.24) is 19.9 Å². The number of nitro benzene ring substituents is 1. The Hall–Kier alpha value is -6.36. The molecule has 264 valence electrons. The van der Waals surface area contributed by atoms with Crippen LogP contribution in [0.15, 0.2) is 96.2 Å². The molecule has 2 aromatic heterocycles. The number of sulfonamides is 1. The Morgan fingerprint density at radius 1 is 0.863 bits per heavy atom. The second-order valence-corrected chi connectivity index (χ2v) is 13.2. The number of nitro groups is 1. The molecule has 3 aromatic carbocycles. The van der Waals surface area contributed by atoms with E-state index in [4.69, 9.17) is 23.7 Å². The Bertz CT molecular complexity index is 2110. The van der Waals surface area contributed by atoms with Crippen LogP contribution in [0.1, 0.15) is 26.3 Å². The van der Waals surface area contributed by atoms with Gasteiger partial charge in [-0.05, 0) is 53.4 Å². The molecule has 17 heteroatoms. The molecular weight excluding hydrogens is 684 g/mol. The number of hydrogen-bond donors (Lipinski definition) is 1. The first-order valence-corrected chi connectivity index (χ1v) is 16.7. The van der Waals surface area contributed by atoms with Gasteiger partial charge < -0.3 is 23.7 Å². The molecule has 0 saturated heterocycles. The Morgan fingerprint density at radius 3 is 2.16 bits per heavy atom. The fraction of sp³-hybridized carbons (Fsp3) is 0.206. The highest BCUT2D eigenvalue weighted by molar-refractivity contribution is 7.92. The number of hydrogen-bond acceptors (Lipinski definition) is 14. The van der Waals surface area contributed by atoms with Crippen molar-refractivity contribution in [2.45, 2.75) is 31.1 Å². The van der Waals surface area contributed by atoms with Crippen molar-refractivity contribution in [3.05, 3.63) is 107 Å². The molecule has 0 aliphatic carbocycles. The predicted molar refractivity (Wildman–Crippen MR) is 183 cm³/mol. The summed E-state index contributed by atoms with van der Waals surface area (Å²) in [4.78, 5) is 39.7. The van der Waals surface area contributed by atoms with Crippen LogP contribution in [-0.2, 0) is 20.2 Å². The SMILES string of the molecule is COc1ccccc1Oc1c(NS(=O)(=O)c2ccc(C(C)(C)C)cc2)nc(-c2ncccn2)nc1OCCOC(=O)Oc1ccc([N+](=O)[O-])cc1. The number of nitrogens with one attached hydrogen (secondary N) is 1. The standard InChI is InChI=1S/C34H32N6O10S/c1-34(2,3)22-10-16-25(17-11-22)51(44,45)39-29-28(50-27-9-6-5-8-26(27)46-4)32(38-31(37-29)30-35-18-7-19-36-30)47-20-21-48-33(41)49-24-14-12-23(13-15-24)40(42)43/h5-19H,20-21H2,1-4H3,(H,37,38,39). The zero-order valence-corrected chi connectivity index (χ0v) is 28.6. The van der Waals surface area contributed by atoms with E-state index in [1.807, 2.05) is 20.8 Å². The van der Waals surface area contributed by atoms with E-state index in [0.29, 0.717) is 5.75 Å². The molecule has 0 unspecified atom stereocenters. The first-order valence-electron chi connectivity index (χ1n) is 15.2. The second-order valence-electron chi connectivity index (χ2n) is 11.5. The number of benzene rings is 3. The van der Waals surface area contributed by atoms with Crippen LogP contribution in [0.25, 0.3) is 11.6 Å². The lowest BCUT2D eigenvalue weighted by atomic mass is 9.87. The van der Waals surface area contributed by atoms with Gasteiger partial charge in [0.2, 0.25) is 11.6 Å². The summed E-state index contributed by atoms with van der Waals surface area (Å²) < 4.78 is 57.6. The third kappa shape index (κ3) is 9.21. The minimum absolute atomic E-state index is 0.0206. The Morgan fingerprint density at radius 2 is 1.53 bits per heavy atom. The summed E-state index contributed by atoms with van der Waals surface area (Å²) in [5, 5.41) is 10.9. The molecule has 0 atom stereocenters. The average Bonchev–Trinajstić information content (AvgIpc) is 3.11. The minimum Gasteiger partial charge on any atom is -0.493 e. The zero-order valence-electron chi connectivity index (χ0n) is 27.8. The number of carbonyl (C=O) groups excluding carboxylic acids is 1. The highest BCUT2D eigenvalue weighted by Gasteiger charge is 2.26. The highest BCUT2D eigenvalue weighted by Crippen LogP contribution is 2.41. The second kappa shape index (κ2) is 15.5. The van der Waals surface area contributed by atoms with E-state index in [1.54, 1.807) is 42.5 Å². The molecule has 0 radical (unpaired) electrons. The molecule has 0 aliphatic rings. The van der Waals surface area contributed by atoms with Crippen LogP contribution in [0.4, 0.5) is 16.3 Å². The molecule has 0 spiro atoms. The van der Waals surface area contributed by atoms with Crippen LogP contribution >= 0.6 is 0 Å². The van der Waals surface area contributed by atoms with Gasteiger partial charge in [0, 0.05) is 24.5 Å². The summed E-state index contributed by atoms with van der Waals surface area (Å²) in [6, 6.07) is 19.4. The molecule has 5 aromatic rings. The van der Waals surface area contributed by atoms with Crippen molar-refractivity contribution in [3.63, 3.8) is 0 Å². The Kier molecular flexibility index (Phi) is 10.9. The van der Waals surface area contributed by atoms with Gasteiger partial charge in [0.1, 0.15) is 19.0 Å². The molecule has 0 aliphatic heterocycles. The maximum atomic E-state index is 13.8. The smallest absolute Gasteiger partial charge is 0.493 e. The molecule has 2 heterocycles. The zero-order chi connectivity index (χ0) is 36.6. The Labute approximate surface area is 292 Å². The van der Waals surface area contributed by atoms with Gasteiger partial charge in [-0.2, -0.15) is 4.98 Å². The summed E-state index contributed by atoms with van der Waals surface area (Å²) in [6.07, 6.45) is 1.80. The first kappa shape index (κ1) is 35.9. The molecule has 5 rings (SSSR count). The summed E-state index contributed by atoms with van der Waals surface area (Å²) in [6.45, 7) is 5.36. The fourth-order valence-corrected chi connectivity index (χ4v) is 5.37. The number of nitrogens with zero attached hydrogens (tertiary/aromatic N) is 5. The monoisotopic (exact) mass is 716 g/mol. The lowest BCUT2D eigenvalue weighted by Gasteiger charge is -2.20. The van der Waals surface area contributed by atoms with E-state index in [1.165, 1.54) is 55.9 Å². The number of carbonyl (C=O) groups is 1. The summed E-state index contributed by atoms with van der Waals surface area (Å²) in [7, 11) is -2.83. The van der Waals surface area contributed by atoms with E-state index in [9.17, 15) is 23.3 Å². The average molecular weight is 717 g/mol. The van der Waals surface area contributed by atoms with Crippen LogP contribution in [0.5, 0.6) is 28.9 Å². The summed E-state index contributed by atoms with van der Waals surface area (Å²) in [5.74, 6) is -0.382. The maximum absolute atomic E-state index is 13.8. The predicted octanol–water partition coefficient (Wildman–Crippen LogP) is 6.34. The van der Waals surface area contributed by atoms with E-state index in [2.05, 4.69) is 24.7 Å². The van der Waals surface area contributed by atoms with E-state index < -0.39 is 21.1 Å². The number of para-hydroxylation sites is 2. The summed E-state index contributed by atoms with van der Waals surface area (Å²) >= 11 is 0. The van der Waals surface area contributed by atoms with Gasteiger partial charge in [-0.3, -0.25) is 14.8 Å². The molecule has 0 bridgehead atoms. The van der Waals surface area contributed by atoms with Crippen molar-refractivity contribution in [2.24, 2.45) is 0 Å². The topological polar surface area (TPSA) is 204 Å². The number of ether oxygens (including phenoxy) is 5. The number of anilines is 1. The van der Waals surface area contributed by atoms with Crippen molar-refractivity contribution in [2.75, 3.05) is 25.0 Å². The third-order valence-corrected chi connectivity index (χ3v) is 8.29. The molecule has 0 saturated carbocycles. The van der Waals surface area contributed by atoms with E-state index in [-0.39, 0.29) is 69.8 Å². The number of aromatic nitrogens is 4. The van der Waals surface area contributed by atoms with Crippen molar-refractivity contribution < 1.29 is 41.8 Å². The van der Waals surface area contributed by atoms with Crippen LogP contribution in [0.2, 0.25) is 0 Å². The quantitative estimate of drug-likeness (QED) is 0.0465. The van der Waals surface area contributed by atoms with E-state index in [0.717, 1.165) is 5.56 Å². The molecule has 16 nitrogen and oxygen atoms in total. The number of non-ortho nitro benzene ring substituents is 1. The normalized spacial score (nSPS) is 11.3. The highest BCUT2D eigenvalue weighted by atomic mass is 32.2. The molecule has 51 heavy (non-hydrogen) atoms. The summed E-state index contributed by atoms with van der Waals surface area (Å²) in [5.41, 5.74) is 0.544. The maximum Gasteiger partial charge on any atom is 0.513 e. The Balaban J connectivity index is 1.47. The lowest BCUT2D eigenvalue weighted by molar-refractivity contribution is -0.384. The number of rotatable bonds is 13. The van der Waals surface area contributed by atoms with Crippen LogP contribution in [0, 0.1) is 10.1 Å². The van der Waals surface area contributed by atoms with Gasteiger partial charge in [-0.1, -0.05) is 45.0 Å². The van der Waals surface area contributed by atoms with Crippen LogP contribution < -0.4 is 23.7 Å². The van der Waals surface area contributed by atoms with Gasteiger partial charge >= 0.3 is 6.16 Å².